The summed E-state index contributed by atoms with van der Waals surface area (Å²) in [4.78, 5) is 0. The smallest absolute Gasteiger partial charge is 0.147 e. The molecule has 0 saturated heterocycles. The molecule has 0 radical (unpaired) electrons. The van der Waals surface area contributed by atoms with Gasteiger partial charge in [-0.1, -0.05) is 0 Å². The van der Waals surface area contributed by atoms with Crippen LogP contribution in [-0.4, -0.2) is 6.61 Å². The van der Waals surface area contributed by atoms with Crippen molar-refractivity contribution in [3.8, 4) is 0 Å². The predicted molar refractivity (Wildman–Crippen MR) is 35.4 cm³/mol. The van der Waals surface area contributed by atoms with Crippen LogP contribution in [0.3, 0.4) is 0 Å². The third kappa shape index (κ3) is 15.7. The summed E-state index contributed by atoms with van der Waals surface area (Å²) in [7, 11) is 0. The van der Waals surface area contributed by atoms with E-state index in [1.807, 2.05) is 0 Å². The van der Waals surface area contributed by atoms with Gasteiger partial charge in [0.15, 0.2) is 0 Å². The molecule has 0 fully saturated rings. The summed E-state index contributed by atoms with van der Waals surface area (Å²) in [5, 5.41) is 0. The third-order valence-electron chi connectivity index (χ3n) is 0.600. The van der Waals surface area contributed by atoms with Crippen LogP contribution in [0.1, 0.15) is 19.8 Å². The molecular weight excluding hydrogens is 183 g/mol. The molecule has 0 amide bonds. The number of hydrogen-bond acceptors (Lipinski definition) is 1. The zero-order valence-electron chi connectivity index (χ0n) is 4.85. The van der Waals surface area contributed by atoms with Gasteiger partial charge in [-0.15, -0.1) is 24.8 Å². The van der Waals surface area contributed by atoms with Gasteiger partial charge in [0, 0.05) is 0 Å². The van der Waals surface area contributed by atoms with Crippen LogP contribution in [0.2, 0.25) is 0 Å². The maximum Gasteiger partial charge on any atom is -0.147 e. The molecule has 0 aromatic carbocycles. The summed E-state index contributed by atoms with van der Waals surface area (Å²) in [5.41, 5.74) is 0. The fourth-order valence-corrected chi connectivity index (χ4v) is 0.442. The van der Waals surface area contributed by atoms with E-state index in [0.29, 0.717) is 0 Å². The Bertz CT molecular complexity index is 26.0. The normalized spacial score (nSPS) is 6.50. The van der Waals surface area contributed by atoms with Gasteiger partial charge in [-0.05, 0) is 0 Å². The van der Waals surface area contributed by atoms with Gasteiger partial charge < -0.3 is 0 Å². The van der Waals surface area contributed by atoms with Crippen LogP contribution in [-0.2, 0) is 24.1 Å². The van der Waals surface area contributed by atoms with Crippen molar-refractivity contribution < 1.29 is 24.1 Å². The fraction of sp³-hybridized carbons (Fsp3) is 1.00. The molecule has 0 atom stereocenters. The first kappa shape index (κ1) is 16.1. The van der Waals surface area contributed by atoms with Crippen LogP contribution in [0, 0.1) is 0 Å². The first-order valence-corrected chi connectivity index (χ1v) is 2.84. The molecule has 0 aliphatic carbocycles. The van der Waals surface area contributed by atoms with E-state index in [-0.39, 0.29) is 24.8 Å². The van der Waals surface area contributed by atoms with E-state index < -0.39 is 0 Å². The predicted octanol–water partition coefficient (Wildman–Crippen LogP) is 2.11. The summed E-state index contributed by atoms with van der Waals surface area (Å²) in [5.74, 6) is 0. The molecule has 0 aliphatic rings. The first-order valence-electron chi connectivity index (χ1n) is 2.20. The molecule has 0 aliphatic heterocycles. The zero-order valence-corrected chi connectivity index (χ0v) is 8.04. The van der Waals surface area contributed by atoms with Crippen LogP contribution >= 0.6 is 24.8 Å². The van der Waals surface area contributed by atoms with Crippen molar-refractivity contribution in [2.45, 2.75) is 19.8 Å². The average Bonchev–Trinajstić information content (AvgIpc) is 1.61. The van der Waals surface area contributed by atoms with Gasteiger partial charge >= 0.3 is 50.5 Å². The average molecular weight is 194 g/mol. The van der Waals surface area contributed by atoms with Gasteiger partial charge in [0.1, 0.15) is 0 Å². The first-order chi connectivity index (χ1) is 2.91. The maximum atomic E-state index is 4.78. The van der Waals surface area contributed by atoms with Crippen molar-refractivity contribution in [1.82, 2.24) is 0 Å². The molecule has 0 rings (SSSR count). The minimum Gasteiger partial charge on any atom is -0.147 e. The van der Waals surface area contributed by atoms with Crippen molar-refractivity contribution in [3.05, 3.63) is 0 Å². The standard InChI is InChI=1S/C4H9O.2ClH.Ti/c1-2-3-4-5;;;/h2-4H2,1H3;2*1H;/q-1;;;+1. The van der Waals surface area contributed by atoms with E-state index in [4.69, 9.17) is 3.32 Å². The molecular formula is C4H11Cl2OTi. The molecule has 0 aromatic heterocycles. The summed E-state index contributed by atoms with van der Waals surface area (Å²) >= 11 is 1.73. The summed E-state index contributed by atoms with van der Waals surface area (Å²) in [6.45, 7) is 3.07. The maximum absolute atomic E-state index is 4.78. The Labute approximate surface area is 75.3 Å². The van der Waals surface area contributed by atoms with Crippen molar-refractivity contribution in [2.75, 3.05) is 6.61 Å². The van der Waals surface area contributed by atoms with E-state index in [1.165, 1.54) is 12.8 Å². The second-order valence-electron chi connectivity index (χ2n) is 1.20. The topological polar surface area (TPSA) is 9.23 Å². The number of rotatable bonds is 3. The largest absolute Gasteiger partial charge is 0.147 e. The monoisotopic (exact) mass is 193 g/mol. The van der Waals surface area contributed by atoms with Crippen LogP contribution < -0.4 is 0 Å². The Morgan fingerprint density at radius 3 is 2.00 bits per heavy atom. The van der Waals surface area contributed by atoms with Crippen molar-refractivity contribution in [2.24, 2.45) is 0 Å². The Kier molecular flexibility index (Phi) is 31.7. The minimum absolute atomic E-state index is 0. The van der Waals surface area contributed by atoms with E-state index in [9.17, 15) is 0 Å². The summed E-state index contributed by atoms with van der Waals surface area (Å²) < 4.78 is 4.78. The van der Waals surface area contributed by atoms with Gasteiger partial charge in [0.2, 0.25) is 0 Å². The van der Waals surface area contributed by atoms with Gasteiger partial charge in [-0.25, -0.2) is 0 Å². The number of hydrogen-bond donors (Lipinski definition) is 0. The molecule has 0 saturated carbocycles. The minimum atomic E-state index is 0. The molecule has 0 aromatic rings. The van der Waals surface area contributed by atoms with E-state index in [1.54, 1.807) is 20.8 Å². The van der Waals surface area contributed by atoms with E-state index in [2.05, 4.69) is 6.92 Å². The van der Waals surface area contributed by atoms with Crippen LogP contribution in [0.4, 0.5) is 0 Å². The SMILES string of the molecule is CCCC[O][Ti].Cl.Cl. The molecule has 0 spiro atoms. The van der Waals surface area contributed by atoms with Gasteiger partial charge in [0.05, 0.1) is 0 Å². The van der Waals surface area contributed by atoms with Crippen molar-refractivity contribution >= 4 is 24.8 Å². The second-order valence-corrected chi connectivity index (χ2v) is 1.65. The van der Waals surface area contributed by atoms with Crippen molar-refractivity contribution in [1.29, 1.82) is 0 Å². The van der Waals surface area contributed by atoms with Crippen LogP contribution in [0.5, 0.6) is 0 Å². The van der Waals surface area contributed by atoms with Crippen molar-refractivity contribution in [3.63, 3.8) is 0 Å². The summed E-state index contributed by atoms with van der Waals surface area (Å²) in [6.07, 6.45) is 2.42. The molecule has 0 unspecified atom stereocenters. The molecule has 51 valence electrons. The van der Waals surface area contributed by atoms with Gasteiger partial charge in [0.25, 0.3) is 0 Å². The van der Waals surface area contributed by atoms with Crippen LogP contribution in [0.25, 0.3) is 0 Å². The molecule has 8 heavy (non-hydrogen) atoms. The Morgan fingerprint density at radius 2 is 1.88 bits per heavy atom. The van der Waals surface area contributed by atoms with E-state index in [0.717, 1.165) is 6.61 Å². The van der Waals surface area contributed by atoms with E-state index >= 15 is 0 Å². The van der Waals surface area contributed by atoms with Gasteiger partial charge in [-0.3, -0.25) is 0 Å². The van der Waals surface area contributed by atoms with Gasteiger partial charge in [-0.2, -0.15) is 0 Å². The second kappa shape index (κ2) is 15.7. The Balaban J connectivity index is -0.000000125. The molecule has 4 heteroatoms. The molecule has 0 N–H and O–H groups in total. The number of halogens is 2. The third-order valence-corrected chi connectivity index (χ3v) is 0.919. The quantitative estimate of drug-likeness (QED) is 0.493. The molecule has 0 heterocycles. The summed E-state index contributed by atoms with van der Waals surface area (Å²) in [6, 6.07) is 0. The fourth-order valence-electron chi connectivity index (χ4n) is 0.217. The molecule has 1 nitrogen and oxygen atoms in total. The Hall–Kier alpha value is 1.25. The molecule has 0 bridgehead atoms. The zero-order chi connectivity index (χ0) is 4.83. The Morgan fingerprint density at radius 1 is 1.38 bits per heavy atom. The van der Waals surface area contributed by atoms with Crippen LogP contribution in [0.15, 0.2) is 0 Å². The number of unbranched alkanes of at least 4 members (excludes halogenated alkanes) is 1.